The molecule has 0 bridgehead atoms. The maximum Gasteiger partial charge on any atom is 3.00 e. The van der Waals surface area contributed by atoms with Crippen LogP contribution in [0.4, 0.5) is 52.7 Å². The average Bonchev–Trinajstić information content (AvgIpc) is 3.27. The third-order valence-electron chi connectivity index (χ3n) is 7.10. The smallest absolute Gasteiger partial charge is 0.504 e. The molecule has 354 valence electrons. The summed E-state index contributed by atoms with van der Waals surface area (Å²) in [5, 5.41) is 34.3. The van der Waals surface area contributed by atoms with Crippen LogP contribution < -0.4 is 0 Å². The number of rotatable bonds is 8. The number of aliphatic hydroxyl groups excluding tert-OH is 4. The minimum atomic E-state index is -4.84. The van der Waals surface area contributed by atoms with E-state index < -0.39 is 70.9 Å². The van der Waals surface area contributed by atoms with E-state index in [9.17, 15) is 71.9 Å². The summed E-state index contributed by atoms with van der Waals surface area (Å²) in [5.41, 5.74) is 0.809. The molecule has 1 heterocycles. The molecule has 5 aromatic rings. The molecule has 0 saturated heterocycles. The Balaban J connectivity index is 0.000000826. The molecule has 0 amide bonds. The molecule has 5 rings (SSSR count). The van der Waals surface area contributed by atoms with Crippen LogP contribution in [0.5, 0.6) is 0 Å². The molecule has 0 unspecified atom stereocenters. The zero-order chi connectivity index (χ0) is 50.1. The molecule has 22 heteroatoms. The minimum Gasteiger partial charge on any atom is -0.504 e. The number of aromatic nitrogens is 1. The molecular weight excluding hydrogens is 1060 g/mol. The van der Waals surface area contributed by atoms with E-state index in [2.05, 4.69) is 4.98 Å². The summed E-state index contributed by atoms with van der Waals surface area (Å²) in [5.74, 6) is -9.85. The Kier molecular flexibility index (Phi) is 26.5. The first-order valence-electron chi connectivity index (χ1n) is 17.9. The SMILES string of the molecule is OC(=CC(=[OH+])c1ccccc1)C(F)(F)F.OC(=CC(=[OH+])c1ccccc1)C(F)(F)F.OC(=CC(=[OH+])c1ccccc1)C(F)(F)F.OC(=CC(=[OH+])c1ccccc1)C(F)(F)F.[Eu+3].c1ccncc1. The molecule has 0 aliphatic heterocycles. The van der Waals surface area contributed by atoms with Gasteiger partial charge in [0.05, 0.1) is 46.6 Å². The normalized spacial score (nSPS) is 12.0. The van der Waals surface area contributed by atoms with Crippen molar-refractivity contribution in [2.24, 2.45) is 0 Å². The molecule has 0 saturated carbocycles. The average molecular weight is 1100 g/mol. The first-order valence-corrected chi connectivity index (χ1v) is 17.9. The van der Waals surface area contributed by atoms with Crippen molar-refractivity contribution in [2.75, 3.05) is 0 Å². The molecule has 0 aliphatic rings. The van der Waals surface area contributed by atoms with E-state index in [4.69, 9.17) is 20.4 Å². The Morgan fingerprint density at radius 2 is 0.493 bits per heavy atom. The second kappa shape index (κ2) is 29.3. The van der Waals surface area contributed by atoms with Gasteiger partial charge >= 0.3 is 97.2 Å². The van der Waals surface area contributed by atoms with Crippen molar-refractivity contribution in [3.8, 4) is 0 Å². The fourth-order valence-corrected chi connectivity index (χ4v) is 3.93. The van der Waals surface area contributed by atoms with Crippen LogP contribution in [-0.4, -0.2) is 92.4 Å². The number of halogens is 12. The summed E-state index contributed by atoms with van der Waals surface area (Å²) < 4.78 is 143. The van der Waals surface area contributed by atoms with E-state index in [0.29, 0.717) is 0 Å². The maximum absolute atomic E-state index is 11.9. The number of hydrogen-bond acceptors (Lipinski definition) is 5. The number of carbonyl (C=O) groups excluding carboxylic acids is 4. The quantitative estimate of drug-likeness (QED) is 0.0396. The molecule has 0 fully saturated rings. The second-order valence-corrected chi connectivity index (χ2v) is 12.1. The van der Waals surface area contributed by atoms with Crippen molar-refractivity contribution in [3.05, 3.63) is 222 Å². The van der Waals surface area contributed by atoms with E-state index >= 15 is 0 Å². The molecule has 0 spiro atoms. The van der Waals surface area contributed by atoms with Crippen LogP contribution in [0, 0.1) is 49.4 Å². The monoisotopic (exact) mass is 1100 g/mol. The fourth-order valence-electron chi connectivity index (χ4n) is 3.93. The van der Waals surface area contributed by atoms with E-state index in [1.165, 1.54) is 48.5 Å². The number of hydrogen-bond donors (Lipinski definition) is 4. The molecule has 1 aromatic heterocycles. The number of ketones is 4. The van der Waals surface area contributed by atoms with Gasteiger partial charge in [0.15, 0.2) is 0 Å². The molecule has 67 heavy (non-hydrogen) atoms. The zero-order valence-corrected chi connectivity index (χ0v) is 36.1. The van der Waals surface area contributed by atoms with Gasteiger partial charge in [-0.2, -0.15) is 52.7 Å². The zero-order valence-electron chi connectivity index (χ0n) is 33.7. The Hall–Kier alpha value is -6.39. The Morgan fingerprint density at radius 1 is 0.328 bits per heavy atom. The van der Waals surface area contributed by atoms with Crippen molar-refractivity contribution in [3.63, 3.8) is 0 Å². The Labute approximate surface area is 413 Å². The number of pyridine rings is 1. The van der Waals surface area contributed by atoms with E-state index in [-0.39, 0.29) is 95.9 Å². The van der Waals surface area contributed by atoms with Gasteiger partial charge in [0.25, 0.3) is 0 Å². The standard InChI is InChI=1S/4C10H7F3O2.C5H5N.Eu/c4*11-10(12,13)9(15)6-8(14)7-4-2-1-3-5-7;1-2-4-6-5-3-1;/h4*1-6,15H;1-5H;/q;;;;;+3/p+4. The van der Waals surface area contributed by atoms with Gasteiger partial charge < -0.3 is 20.4 Å². The van der Waals surface area contributed by atoms with Gasteiger partial charge in [-0.25, -0.2) is 0 Å². The van der Waals surface area contributed by atoms with Crippen molar-refractivity contribution in [1.82, 2.24) is 4.98 Å². The number of benzene rings is 4. The fraction of sp³-hybridized carbons (Fsp3) is 0.0889. The van der Waals surface area contributed by atoms with Crippen molar-refractivity contribution < 1.29 is 142 Å². The topological polar surface area (TPSA) is 179 Å². The van der Waals surface area contributed by atoms with Crippen LogP contribution in [-0.2, 0) is 0 Å². The summed E-state index contributed by atoms with van der Waals surface area (Å²) in [6.07, 6.45) is -14.8. The van der Waals surface area contributed by atoms with Gasteiger partial charge in [0.2, 0.25) is 23.0 Å². The molecule has 0 atom stereocenters. The van der Waals surface area contributed by atoms with Crippen LogP contribution >= 0.6 is 0 Å². The summed E-state index contributed by atoms with van der Waals surface area (Å²) in [4.78, 5) is 40.7. The number of allylic oxidation sites excluding steroid dienone is 8. The van der Waals surface area contributed by atoms with Crippen molar-refractivity contribution >= 4 is 23.1 Å². The summed E-state index contributed by atoms with van der Waals surface area (Å²) >= 11 is 0. The van der Waals surface area contributed by atoms with Gasteiger partial charge in [-0.05, 0) is 60.7 Å². The van der Waals surface area contributed by atoms with Gasteiger partial charge in [0, 0.05) is 12.4 Å². The Bertz CT molecular complexity index is 2070. The van der Waals surface area contributed by atoms with E-state index in [1.807, 2.05) is 18.2 Å². The molecule has 8 N–H and O–H groups in total. The molecular formula is C45H37EuF12NO8+7. The van der Waals surface area contributed by atoms with Crippen LogP contribution in [0.15, 0.2) is 199 Å². The van der Waals surface area contributed by atoms with E-state index in [1.54, 1.807) is 85.2 Å². The first-order chi connectivity index (χ1) is 30.6. The predicted molar refractivity (Wildman–Crippen MR) is 221 cm³/mol. The van der Waals surface area contributed by atoms with Gasteiger partial charge in [-0.15, -0.1) is 0 Å². The van der Waals surface area contributed by atoms with Gasteiger partial charge in [0.1, 0.15) is 0 Å². The predicted octanol–water partition coefficient (Wildman–Crippen LogP) is 11.4. The first kappa shape index (κ1) is 60.6. The van der Waals surface area contributed by atoms with Crippen molar-refractivity contribution in [1.29, 1.82) is 0 Å². The third-order valence-corrected chi connectivity index (χ3v) is 7.10. The molecule has 9 nitrogen and oxygen atoms in total. The molecule has 0 radical (unpaired) electrons. The van der Waals surface area contributed by atoms with Crippen LogP contribution in [0.3, 0.4) is 0 Å². The van der Waals surface area contributed by atoms with Crippen molar-refractivity contribution in [2.45, 2.75) is 24.7 Å². The molecule has 4 aromatic carbocycles. The summed E-state index contributed by atoms with van der Waals surface area (Å²) in [6, 6.07) is 36.2. The Morgan fingerprint density at radius 3 is 0.612 bits per heavy atom. The van der Waals surface area contributed by atoms with Gasteiger partial charge in [-0.3, -0.25) is 24.2 Å². The second-order valence-electron chi connectivity index (χ2n) is 12.1. The number of aliphatic hydroxyl groups is 4. The number of alkyl halides is 12. The summed E-state index contributed by atoms with van der Waals surface area (Å²) in [6.45, 7) is 0. The van der Waals surface area contributed by atoms with Crippen LogP contribution in [0.2, 0.25) is 0 Å². The largest absolute Gasteiger partial charge is 3.00 e. The third kappa shape index (κ3) is 25.8. The minimum absolute atomic E-state index is 0. The van der Waals surface area contributed by atoms with Gasteiger partial charge in [-0.1, -0.05) is 78.9 Å². The summed E-state index contributed by atoms with van der Waals surface area (Å²) in [7, 11) is 0. The van der Waals surface area contributed by atoms with E-state index in [0.717, 1.165) is 0 Å². The molecule has 0 aliphatic carbocycles. The van der Waals surface area contributed by atoms with Crippen LogP contribution in [0.25, 0.3) is 0 Å². The number of nitrogens with zero attached hydrogens (tertiary/aromatic N) is 1. The maximum atomic E-state index is 11.9. The van der Waals surface area contributed by atoms with Crippen LogP contribution in [0.1, 0.15) is 22.3 Å².